The first-order chi connectivity index (χ1) is 6.20. The normalized spacial score (nSPS) is 10.6. The number of benzene rings is 2. The first-order valence-electron chi connectivity index (χ1n) is 4.07. The van der Waals surface area contributed by atoms with Crippen molar-refractivity contribution in [1.82, 2.24) is 0 Å². The van der Waals surface area contributed by atoms with Gasteiger partial charge in [-0.25, -0.2) is 0 Å². The third-order valence-corrected chi connectivity index (χ3v) is 3.59. The Morgan fingerprint density at radius 1 is 1.23 bits per heavy atom. The Bertz CT molecular complexity index is 463. The summed E-state index contributed by atoms with van der Waals surface area (Å²) in [6.45, 7) is 1.93. The Hall–Kier alpha value is -0.770. The first kappa shape index (κ1) is 8.81. The largest absolute Gasteiger partial charge is 0.508 e. The van der Waals surface area contributed by atoms with Gasteiger partial charge in [0.15, 0.2) is 0 Å². The SMILES string of the molecule is Cc1c(O)cc2ccccc2c1I. The molecular formula is C11H9IO. The van der Waals surface area contributed by atoms with Crippen LogP contribution in [0.1, 0.15) is 5.56 Å². The van der Waals surface area contributed by atoms with Crippen LogP contribution in [-0.4, -0.2) is 5.11 Å². The molecule has 0 fully saturated rings. The molecule has 2 aromatic carbocycles. The van der Waals surface area contributed by atoms with Gasteiger partial charge in [-0.15, -0.1) is 0 Å². The van der Waals surface area contributed by atoms with Crippen molar-refractivity contribution >= 4 is 33.4 Å². The van der Waals surface area contributed by atoms with Crippen molar-refractivity contribution in [1.29, 1.82) is 0 Å². The van der Waals surface area contributed by atoms with Gasteiger partial charge < -0.3 is 5.11 Å². The van der Waals surface area contributed by atoms with Crippen molar-refractivity contribution in [2.45, 2.75) is 6.92 Å². The smallest absolute Gasteiger partial charge is 0.120 e. The Kier molecular flexibility index (Phi) is 2.15. The Labute approximate surface area is 90.5 Å². The van der Waals surface area contributed by atoms with E-state index in [-0.39, 0.29) is 0 Å². The summed E-state index contributed by atoms with van der Waals surface area (Å²) in [7, 11) is 0. The summed E-state index contributed by atoms with van der Waals surface area (Å²) in [5.74, 6) is 0.378. The number of fused-ring (bicyclic) bond motifs is 1. The molecule has 0 radical (unpaired) electrons. The summed E-state index contributed by atoms with van der Waals surface area (Å²) in [5.41, 5.74) is 0.958. The average molecular weight is 284 g/mol. The third-order valence-electron chi connectivity index (χ3n) is 2.20. The molecule has 0 saturated heterocycles. The summed E-state index contributed by atoms with van der Waals surface area (Å²) >= 11 is 2.27. The van der Waals surface area contributed by atoms with Crippen molar-refractivity contribution in [2.24, 2.45) is 0 Å². The number of phenols is 1. The van der Waals surface area contributed by atoms with Gasteiger partial charge in [0.25, 0.3) is 0 Å². The minimum absolute atomic E-state index is 0.378. The fourth-order valence-corrected chi connectivity index (χ4v) is 2.16. The monoisotopic (exact) mass is 284 g/mol. The van der Waals surface area contributed by atoms with Crippen LogP contribution in [0.15, 0.2) is 30.3 Å². The van der Waals surface area contributed by atoms with Gasteiger partial charge in [0.1, 0.15) is 5.75 Å². The number of phenolic OH excluding ortho intramolecular Hbond substituents is 1. The zero-order valence-electron chi connectivity index (χ0n) is 7.21. The van der Waals surface area contributed by atoms with E-state index < -0.39 is 0 Å². The fraction of sp³-hybridized carbons (Fsp3) is 0.0909. The van der Waals surface area contributed by atoms with Crippen molar-refractivity contribution < 1.29 is 5.11 Å². The molecule has 0 heterocycles. The van der Waals surface area contributed by atoms with E-state index in [2.05, 4.69) is 28.7 Å². The summed E-state index contributed by atoms with van der Waals surface area (Å²) in [5, 5.41) is 11.9. The molecule has 2 rings (SSSR count). The van der Waals surface area contributed by atoms with Gasteiger partial charge in [0.05, 0.1) is 0 Å². The topological polar surface area (TPSA) is 20.2 Å². The van der Waals surface area contributed by atoms with E-state index in [0.29, 0.717) is 5.75 Å². The quantitative estimate of drug-likeness (QED) is 0.734. The van der Waals surface area contributed by atoms with Gasteiger partial charge >= 0.3 is 0 Å². The van der Waals surface area contributed by atoms with Crippen LogP contribution in [0, 0.1) is 10.5 Å². The van der Waals surface area contributed by atoms with Crippen LogP contribution >= 0.6 is 22.6 Å². The van der Waals surface area contributed by atoms with E-state index in [1.165, 1.54) is 5.39 Å². The predicted octanol–water partition coefficient (Wildman–Crippen LogP) is 3.46. The van der Waals surface area contributed by atoms with Gasteiger partial charge in [-0.1, -0.05) is 24.3 Å². The Morgan fingerprint density at radius 3 is 2.69 bits per heavy atom. The average Bonchev–Trinajstić information content (AvgIpc) is 2.15. The van der Waals surface area contributed by atoms with Crippen LogP contribution in [0.2, 0.25) is 0 Å². The lowest BCUT2D eigenvalue weighted by molar-refractivity contribution is 0.471. The number of hydrogen-bond acceptors (Lipinski definition) is 1. The fourth-order valence-electron chi connectivity index (χ4n) is 1.39. The maximum atomic E-state index is 9.59. The summed E-state index contributed by atoms with van der Waals surface area (Å²) in [4.78, 5) is 0. The molecule has 66 valence electrons. The molecule has 0 aliphatic rings. The van der Waals surface area contributed by atoms with Crippen LogP contribution in [0.4, 0.5) is 0 Å². The van der Waals surface area contributed by atoms with Crippen LogP contribution in [0.5, 0.6) is 5.75 Å². The molecule has 13 heavy (non-hydrogen) atoms. The van der Waals surface area contributed by atoms with E-state index in [0.717, 1.165) is 14.5 Å². The van der Waals surface area contributed by atoms with Crippen molar-refractivity contribution in [3.8, 4) is 5.75 Å². The van der Waals surface area contributed by atoms with E-state index in [9.17, 15) is 5.11 Å². The summed E-state index contributed by atoms with van der Waals surface area (Å²) in [6.07, 6.45) is 0. The van der Waals surface area contributed by atoms with E-state index in [1.807, 2.05) is 31.2 Å². The van der Waals surface area contributed by atoms with Crippen LogP contribution in [0.25, 0.3) is 10.8 Å². The molecular weight excluding hydrogens is 275 g/mol. The number of rotatable bonds is 0. The van der Waals surface area contributed by atoms with Gasteiger partial charge in [-0.05, 0) is 46.4 Å². The van der Waals surface area contributed by atoms with Crippen molar-refractivity contribution in [2.75, 3.05) is 0 Å². The lowest BCUT2D eigenvalue weighted by Gasteiger charge is -2.06. The molecule has 2 heteroatoms. The van der Waals surface area contributed by atoms with Crippen LogP contribution in [-0.2, 0) is 0 Å². The molecule has 0 aromatic heterocycles. The molecule has 0 amide bonds. The summed E-state index contributed by atoms with van der Waals surface area (Å²) in [6, 6.07) is 9.89. The van der Waals surface area contributed by atoms with Crippen LogP contribution < -0.4 is 0 Å². The molecule has 0 spiro atoms. The van der Waals surface area contributed by atoms with Gasteiger partial charge in [-0.2, -0.15) is 0 Å². The lowest BCUT2D eigenvalue weighted by atomic mass is 10.1. The minimum atomic E-state index is 0.378. The standard InChI is InChI=1S/C11H9IO/c1-7-10(13)6-8-4-2-3-5-9(8)11(7)12/h2-6,13H,1H3. The number of halogens is 1. The van der Waals surface area contributed by atoms with Gasteiger partial charge in [-0.3, -0.25) is 0 Å². The number of hydrogen-bond donors (Lipinski definition) is 1. The second-order valence-electron chi connectivity index (χ2n) is 3.06. The molecule has 0 aliphatic carbocycles. The molecule has 0 unspecified atom stereocenters. The zero-order valence-corrected chi connectivity index (χ0v) is 9.37. The lowest BCUT2D eigenvalue weighted by Crippen LogP contribution is -1.84. The molecule has 0 bridgehead atoms. The minimum Gasteiger partial charge on any atom is -0.508 e. The highest BCUT2D eigenvalue weighted by Crippen LogP contribution is 2.30. The van der Waals surface area contributed by atoms with E-state index in [4.69, 9.17) is 0 Å². The highest BCUT2D eigenvalue weighted by molar-refractivity contribution is 14.1. The maximum absolute atomic E-state index is 9.59. The Balaban J connectivity index is 2.94. The summed E-state index contributed by atoms with van der Waals surface area (Å²) < 4.78 is 1.13. The highest BCUT2D eigenvalue weighted by Gasteiger charge is 2.05. The second-order valence-corrected chi connectivity index (χ2v) is 4.13. The molecule has 0 aliphatic heterocycles. The Morgan fingerprint density at radius 2 is 1.92 bits per heavy atom. The zero-order chi connectivity index (χ0) is 9.42. The van der Waals surface area contributed by atoms with Crippen molar-refractivity contribution in [3.05, 3.63) is 39.5 Å². The number of aromatic hydroxyl groups is 1. The predicted molar refractivity (Wildman–Crippen MR) is 63.1 cm³/mol. The molecule has 1 N–H and O–H groups in total. The van der Waals surface area contributed by atoms with E-state index in [1.54, 1.807) is 0 Å². The molecule has 2 aromatic rings. The van der Waals surface area contributed by atoms with Crippen LogP contribution in [0.3, 0.4) is 0 Å². The highest BCUT2D eigenvalue weighted by atomic mass is 127. The maximum Gasteiger partial charge on any atom is 0.120 e. The third kappa shape index (κ3) is 1.39. The second kappa shape index (κ2) is 3.18. The van der Waals surface area contributed by atoms with Gasteiger partial charge in [0.2, 0.25) is 0 Å². The molecule has 0 saturated carbocycles. The molecule has 0 atom stereocenters. The van der Waals surface area contributed by atoms with Crippen molar-refractivity contribution in [3.63, 3.8) is 0 Å². The first-order valence-corrected chi connectivity index (χ1v) is 5.15. The van der Waals surface area contributed by atoms with Gasteiger partial charge in [0, 0.05) is 9.13 Å². The molecule has 1 nitrogen and oxygen atoms in total. The van der Waals surface area contributed by atoms with E-state index >= 15 is 0 Å².